The predicted molar refractivity (Wildman–Crippen MR) is 66.4 cm³/mol. The summed E-state index contributed by atoms with van der Waals surface area (Å²) in [6.07, 6.45) is 2.38. The topological polar surface area (TPSA) is 44.4 Å². The molecule has 0 radical (unpaired) electrons. The van der Waals surface area contributed by atoms with Gasteiger partial charge in [-0.05, 0) is 32.4 Å². The monoisotopic (exact) mass is 227 g/mol. The lowest BCUT2D eigenvalue weighted by Crippen LogP contribution is -2.37. The highest BCUT2D eigenvalue weighted by atomic mass is 16.1. The number of nitrogens with zero attached hydrogens (tertiary/aromatic N) is 1. The van der Waals surface area contributed by atoms with Crippen molar-refractivity contribution in [2.75, 3.05) is 33.2 Å². The van der Waals surface area contributed by atoms with Gasteiger partial charge in [0.15, 0.2) is 0 Å². The van der Waals surface area contributed by atoms with Crippen LogP contribution < -0.4 is 10.6 Å². The zero-order valence-corrected chi connectivity index (χ0v) is 10.8. The second-order valence-electron chi connectivity index (χ2n) is 5.09. The van der Waals surface area contributed by atoms with E-state index in [1.54, 1.807) is 0 Å². The SMILES string of the molecule is CC(C)NCC(=O)NCCC1CCN(C)C1. The van der Waals surface area contributed by atoms with E-state index >= 15 is 0 Å². The van der Waals surface area contributed by atoms with Gasteiger partial charge in [-0.3, -0.25) is 4.79 Å². The van der Waals surface area contributed by atoms with Crippen LogP contribution in [0.1, 0.15) is 26.7 Å². The van der Waals surface area contributed by atoms with Crippen LogP contribution in [0.3, 0.4) is 0 Å². The van der Waals surface area contributed by atoms with Crippen molar-refractivity contribution in [1.82, 2.24) is 15.5 Å². The summed E-state index contributed by atoms with van der Waals surface area (Å²) in [5, 5.41) is 6.07. The van der Waals surface area contributed by atoms with Crippen molar-refractivity contribution in [2.45, 2.75) is 32.7 Å². The average Bonchev–Trinajstić information content (AvgIpc) is 2.61. The standard InChI is InChI=1S/C12H25N3O/c1-10(2)14-8-12(16)13-6-4-11-5-7-15(3)9-11/h10-11,14H,4-9H2,1-3H3,(H,13,16). The third-order valence-electron chi connectivity index (χ3n) is 3.03. The summed E-state index contributed by atoms with van der Waals surface area (Å²) in [4.78, 5) is 13.8. The molecule has 1 amide bonds. The zero-order chi connectivity index (χ0) is 12.0. The summed E-state index contributed by atoms with van der Waals surface area (Å²) in [7, 11) is 2.16. The number of nitrogens with one attached hydrogen (secondary N) is 2. The molecule has 16 heavy (non-hydrogen) atoms. The van der Waals surface area contributed by atoms with Gasteiger partial charge in [0.05, 0.1) is 6.54 Å². The third-order valence-corrected chi connectivity index (χ3v) is 3.03. The molecule has 4 heteroatoms. The first-order chi connectivity index (χ1) is 7.58. The lowest BCUT2D eigenvalue weighted by Gasteiger charge is -2.12. The molecule has 0 saturated carbocycles. The van der Waals surface area contributed by atoms with Gasteiger partial charge in [0.1, 0.15) is 0 Å². The van der Waals surface area contributed by atoms with E-state index in [1.807, 2.05) is 13.8 Å². The third kappa shape index (κ3) is 5.47. The second kappa shape index (κ2) is 6.86. The van der Waals surface area contributed by atoms with Gasteiger partial charge in [0, 0.05) is 19.1 Å². The van der Waals surface area contributed by atoms with Gasteiger partial charge < -0.3 is 15.5 Å². The Hall–Kier alpha value is -0.610. The van der Waals surface area contributed by atoms with E-state index in [-0.39, 0.29) is 5.91 Å². The van der Waals surface area contributed by atoms with E-state index in [1.165, 1.54) is 19.5 Å². The number of hydrogen-bond acceptors (Lipinski definition) is 3. The van der Waals surface area contributed by atoms with Crippen molar-refractivity contribution in [1.29, 1.82) is 0 Å². The highest BCUT2D eigenvalue weighted by Gasteiger charge is 2.18. The van der Waals surface area contributed by atoms with Crippen LogP contribution in [0.5, 0.6) is 0 Å². The van der Waals surface area contributed by atoms with Crippen molar-refractivity contribution >= 4 is 5.91 Å². The average molecular weight is 227 g/mol. The molecule has 4 nitrogen and oxygen atoms in total. The van der Waals surface area contributed by atoms with Crippen LogP contribution >= 0.6 is 0 Å². The highest BCUT2D eigenvalue weighted by Crippen LogP contribution is 2.16. The first-order valence-corrected chi connectivity index (χ1v) is 6.26. The molecule has 0 aromatic heterocycles. The van der Waals surface area contributed by atoms with E-state index in [2.05, 4.69) is 22.6 Å². The fraction of sp³-hybridized carbons (Fsp3) is 0.917. The largest absolute Gasteiger partial charge is 0.355 e. The van der Waals surface area contributed by atoms with Crippen LogP contribution in [0.2, 0.25) is 0 Å². The Bertz CT molecular complexity index is 218. The molecule has 2 N–H and O–H groups in total. The van der Waals surface area contributed by atoms with Gasteiger partial charge in [-0.15, -0.1) is 0 Å². The van der Waals surface area contributed by atoms with Crippen LogP contribution in [-0.2, 0) is 4.79 Å². The maximum Gasteiger partial charge on any atom is 0.233 e. The smallest absolute Gasteiger partial charge is 0.233 e. The molecular formula is C12H25N3O. The maximum atomic E-state index is 11.4. The van der Waals surface area contributed by atoms with E-state index in [9.17, 15) is 4.79 Å². The Kier molecular flexibility index (Phi) is 5.77. The summed E-state index contributed by atoms with van der Waals surface area (Å²) in [5.41, 5.74) is 0. The molecule has 0 spiro atoms. The molecule has 1 unspecified atom stereocenters. The lowest BCUT2D eigenvalue weighted by molar-refractivity contribution is -0.120. The first kappa shape index (κ1) is 13.5. The molecule has 1 saturated heterocycles. The quantitative estimate of drug-likeness (QED) is 0.692. The molecule has 1 heterocycles. The molecule has 94 valence electrons. The Labute approximate surface area is 98.8 Å². The van der Waals surface area contributed by atoms with Crippen LogP contribution in [-0.4, -0.2) is 50.1 Å². The van der Waals surface area contributed by atoms with Gasteiger partial charge in [0.2, 0.25) is 5.91 Å². The molecule has 0 aromatic rings. The Morgan fingerprint density at radius 1 is 1.50 bits per heavy atom. The number of carbonyl (C=O) groups excluding carboxylic acids is 1. The minimum atomic E-state index is 0.111. The summed E-state index contributed by atoms with van der Waals surface area (Å²) in [6.45, 7) is 7.72. The van der Waals surface area contributed by atoms with Crippen LogP contribution in [0.4, 0.5) is 0 Å². The zero-order valence-electron chi connectivity index (χ0n) is 10.8. The lowest BCUT2D eigenvalue weighted by atomic mass is 10.1. The van der Waals surface area contributed by atoms with Crippen LogP contribution in [0.25, 0.3) is 0 Å². The first-order valence-electron chi connectivity index (χ1n) is 6.26. The van der Waals surface area contributed by atoms with E-state index < -0.39 is 0 Å². The van der Waals surface area contributed by atoms with Gasteiger partial charge in [0.25, 0.3) is 0 Å². The van der Waals surface area contributed by atoms with Gasteiger partial charge in [-0.2, -0.15) is 0 Å². The summed E-state index contributed by atoms with van der Waals surface area (Å²) in [6, 6.07) is 0.370. The summed E-state index contributed by atoms with van der Waals surface area (Å²) < 4.78 is 0. The van der Waals surface area contributed by atoms with Gasteiger partial charge >= 0.3 is 0 Å². The maximum absolute atomic E-state index is 11.4. The van der Waals surface area contributed by atoms with Gasteiger partial charge in [-0.1, -0.05) is 13.8 Å². The number of amides is 1. The van der Waals surface area contributed by atoms with Gasteiger partial charge in [-0.25, -0.2) is 0 Å². The molecular weight excluding hydrogens is 202 g/mol. The molecule has 0 bridgehead atoms. The van der Waals surface area contributed by atoms with Crippen molar-refractivity contribution < 1.29 is 4.79 Å². The summed E-state index contributed by atoms with van der Waals surface area (Å²) in [5.74, 6) is 0.878. The fourth-order valence-electron chi connectivity index (χ4n) is 2.04. The summed E-state index contributed by atoms with van der Waals surface area (Å²) >= 11 is 0. The van der Waals surface area contributed by atoms with Crippen molar-refractivity contribution in [2.24, 2.45) is 5.92 Å². The predicted octanol–water partition coefficient (Wildman–Crippen LogP) is 0.442. The van der Waals surface area contributed by atoms with Crippen molar-refractivity contribution in [3.05, 3.63) is 0 Å². The Balaban J connectivity index is 2.00. The minimum absolute atomic E-state index is 0.111. The normalized spacial score (nSPS) is 21.6. The van der Waals surface area contributed by atoms with E-state index in [0.29, 0.717) is 12.6 Å². The second-order valence-corrected chi connectivity index (χ2v) is 5.09. The van der Waals surface area contributed by atoms with Crippen LogP contribution in [0, 0.1) is 5.92 Å². The van der Waals surface area contributed by atoms with Crippen molar-refractivity contribution in [3.63, 3.8) is 0 Å². The Morgan fingerprint density at radius 2 is 2.25 bits per heavy atom. The number of hydrogen-bond donors (Lipinski definition) is 2. The number of rotatable bonds is 6. The number of carbonyl (C=O) groups is 1. The molecule has 1 fully saturated rings. The highest BCUT2D eigenvalue weighted by molar-refractivity contribution is 5.77. The van der Waals surface area contributed by atoms with Crippen LogP contribution in [0.15, 0.2) is 0 Å². The molecule has 1 atom stereocenters. The van der Waals surface area contributed by atoms with Crippen molar-refractivity contribution in [3.8, 4) is 0 Å². The number of likely N-dealkylation sites (tertiary alicyclic amines) is 1. The molecule has 1 rings (SSSR count). The molecule has 0 aromatic carbocycles. The fourth-order valence-corrected chi connectivity index (χ4v) is 2.04. The van der Waals surface area contributed by atoms with E-state index in [4.69, 9.17) is 0 Å². The minimum Gasteiger partial charge on any atom is -0.355 e. The Morgan fingerprint density at radius 3 is 2.81 bits per heavy atom. The molecule has 1 aliphatic rings. The molecule has 1 aliphatic heterocycles. The molecule has 0 aliphatic carbocycles. The van der Waals surface area contributed by atoms with E-state index in [0.717, 1.165) is 18.9 Å².